The van der Waals surface area contributed by atoms with Crippen LogP contribution in [0.25, 0.3) is 0 Å². The van der Waals surface area contributed by atoms with Gasteiger partial charge in [0.25, 0.3) is 0 Å². The quantitative estimate of drug-likeness (QED) is 0.836. The largest absolute Gasteiger partial charge is 0.494 e. The van der Waals surface area contributed by atoms with E-state index in [1.807, 2.05) is 0 Å². The lowest BCUT2D eigenvalue weighted by Crippen LogP contribution is -2.37. The van der Waals surface area contributed by atoms with Crippen molar-refractivity contribution in [2.75, 3.05) is 14.2 Å². The second kappa shape index (κ2) is 5.35. The molecule has 1 atom stereocenters. The number of ether oxygens (including phenoxy) is 2. The Labute approximate surface area is 106 Å². The molecule has 0 bridgehead atoms. The maximum atomic E-state index is 13.6. The van der Waals surface area contributed by atoms with Crippen molar-refractivity contribution in [2.24, 2.45) is 11.1 Å². The van der Waals surface area contributed by atoms with Gasteiger partial charge in [0.15, 0.2) is 11.6 Å². The van der Waals surface area contributed by atoms with E-state index in [-0.39, 0.29) is 5.75 Å². The summed E-state index contributed by atoms with van der Waals surface area (Å²) in [6.45, 7) is 3.32. The molecule has 1 aromatic rings. The second-order valence-corrected chi connectivity index (χ2v) is 4.58. The number of halogens is 1. The highest BCUT2D eigenvalue weighted by Crippen LogP contribution is 2.33. The van der Waals surface area contributed by atoms with E-state index in [4.69, 9.17) is 15.2 Å². The SMILES string of the molecule is COC(=O)C(C)(C)[C@@H](N)c1ccc(OC)c(F)c1. The summed E-state index contributed by atoms with van der Waals surface area (Å²) in [6, 6.07) is 3.73. The van der Waals surface area contributed by atoms with Crippen molar-refractivity contribution in [2.45, 2.75) is 19.9 Å². The third kappa shape index (κ3) is 2.61. The monoisotopic (exact) mass is 255 g/mol. The fraction of sp³-hybridized carbons (Fsp3) is 0.462. The van der Waals surface area contributed by atoms with Crippen LogP contribution in [-0.2, 0) is 9.53 Å². The zero-order valence-corrected chi connectivity index (χ0v) is 11.0. The number of methoxy groups -OCH3 is 2. The molecule has 0 aliphatic carbocycles. The van der Waals surface area contributed by atoms with E-state index >= 15 is 0 Å². The molecule has 0 aliphatic heterocycles. The molecule has 4 nitrogen and oxygen atoms in total. The summed E-state index contributed by atoms with van der Waals surface area (Å²) in [5.74, 6) is -0.806. The lowest BCUT2D eigenvalue weighted by Gasteiger charge is -2.29. The first-order valence-electron chi connectivity index (χ1n) is 5.52. The summed E-state index contributed by atoms with van der Waals surface area (Å²) in [5.41, 5.74) is 5.58. The molecule has 100 valence electrons. The molecule has 2 N–H and O–H groups in total. The van der Waals surface area contributed by atoms with E-state index in [0.717, 1.165) is 0 Å². The minimum atomic E-state index is -0.935. The average Bonchev–Trinajstić information content (AvgIpc) is 2.36. The molecule has 1 rings (SSSR count). The van der Waals surface area contributed by atoms with Gasteiger partial charge in [0.05, 0.1) is 19.6 Å². The predicted octanol–water partition coefficient (Wildman–Crippen LogP) is 2.03. The smallest absolute Gasteiger partial charge is 0.313 e. The summed E-state index contributed by atoms with van der Waals surface area (Å²) < 4.78 is 23.1. The van der Waals surface area contributed by atoms with E-state index in [9.17, 15) is 9.18 Å². The number of esters is 1. The molecule has 0 radical (unpaired) electrons. The number of nitrogens with two attached hydrogens (primary N) is 1. The zero-order valence-electron chi connectivity index (χ0n) is 11.0. The Morgan fingerprint density at radius 2 is 2.00 bits per heavy atom. The van der Waals surface area contributed by atoms with Gasteiger partial charge in [-0.3, -0.25) is 4.79 Å². The highest BCUT2D eigenvalue weighted by atomic mass is 19.1. The van der Waals surface area contributed by atoms with Gasteiger partial charge in [-0.2, -0.15) is 0 Å². The molecular formula is C13H18FNO3. The van der Waals surface area contributed by atoms with Gasteiger partial charge in [-0.25, -0.2) is 4.39 Å². The van der Waals surface area contributed by atoms with Gasteiger partial charge >= 0.3 is 5.97 Å². The zero-order chi connectivity index (χ0) is 13.9. The molecule has 0 spiro atoms. The van der Waals surface area contributed by atoms with Gasteiger partial charge in [0.1, 0.15) is 0 Å². The molecule has 0 amide bonds. The lowest BCUT2D eigenvalue weighted by molar-refractivity contribution is -0.152. The van der Waals surface area contributed by atoms with Crippen LogP contribution in [0, 0.1) is 11.2 Å². The second-order valence-electron chi connectivity index (χ2n) is 4.58. The average molecular weight is 255 g/mol. The molecule has 0 heterocycles. The number of carbonyl (C=O) groups is 1. The standard InChI is InChI=1S/C13H18FNO3/c1-13(2,12(16)18-4)11(15)8-5-6-10(17-3)9(14)7-8/h5-7,11H,15H2,1-4H3/t11-/m0/s1. The van der Waals surface area contributed by atoms with Crippen molar-refractivity contribution < 1.29 is 18.7 Å². The first-order chi connectivity index (χ1) is 8.34. The van der Waals surface area contributed by atoms with Gasteiger partial charge in [-0.05, 0) is 31.5 Å². The summed E-state index contributed by atoms with van der Waals surface area (Å²) in [5, 5.41) is 0. The molecule has 18 heavy (non-hydrogen) atoms. The third-order valence-electron chi connectivity index (χ3n) is 3.02. The molecule has 1 aromatic carbocycles. The van der Waals surface area contributed by atoms with Crippen LogP contribution < -0.4 is 10.5 Å². The van der Waals surface area contributed by atoms with Crippen LogP contribution in [0.5, 0.6) is 5.75 Å². The number of rotatable bonds is 4. The fourth-order valence-corrected chi connectivity index (χ4v) is 1.68. The van der Waals surface area contributed by atoms with Crippen LogP contribution in [0.1, 0.15) is 25.5 Å². The normalized spacial score (nSPS) is 13.0. The van der Waals surface area contributed by atoms with Crippen LogP contribution in [-0.4, -0.2) is 20.2 Å². The Kier molecular flexibility index (Phi) is 4.29. The highest BCUT2D eigenvalue weighted by molar-refractivity contribution is 5.77. The van der Waals surface area contributed by atoms with Crippen molar-refractivity contribution >= 4 is 5.97 Å². The predicted molar refractivity (Wildman–Crippen MR) is 65.7 cm³/mol. The van der Waals surface area contributed by atoms with Gasteiger partial charge in [-0.1, -0.05) is 6.07 Å². The lowest BCUT2D eigenvalue weighted by atomic mass is 9.81. The molecule has 0 fully saturated rings. The van der Waals surface area contributed by atoms with E-state index in [1.54, 1.807) is 19.9 Å². The minimum Gasteiger partial charge on any atom is -0.494 e. The molecule has 0 aromatic heterocycles. The minimum absolute atomic E-state index is 0.141. The molecule has 0 saturated carbocycles. The molecule has 0 aliphatic rings. The number of hydrogen-bond acceptors (Lipinski definition) is 4. The molecule has 5 heteroatoms. The summed E-state index contributed by atoms with van der Waals surface area (Å²) >= 11 is 0. The van der Waals surface area contributed by atoms with Crippen LogP contribution >= 0.6 is 0 Å². The first-order valence-corrected chi connectivity index (χ1v) is 5.52. The van der Waals surface area contributed by atoms with Crippen LogP contribution in [0.15, 0.2) is 18.2 Å². The fourth-order valence-electron chi connectivity index (χ4n) is 1.68. The van der Waals surface area contributed by atoms with E-state index in [2.05, 4.69) is 0 Å². The molecular weight excluding hydrogens is 237 g/mol. The van der Waals surface area contributed by atoms with E-state index in [0.29, 0.717) is 5.56 Å². The summed E-state index contributed by atoms with van der Waals surface area (Å²) in [7, 11) is 2.68. The van der Waals surface area contributed by atoms with Gasteiger partial charge in [0, 0.05) is 6.04 Å². The van der Waals surface area contributed by atoms with E-state index < -0.39 is 23.2 Å². The Balaban J connectivity index is 3.07. The maximum absolute atomic E-state index is 13.6. The maximum Gasteiger partial charge on any atom is 0.313 e. The topological polar surface area (TPSA) is 61.5 Å². The van der Waals surface area contributed by atoms with Crippen molar-refractivity contribution in [3.05, 3.63) is 29.6 Å². The van der Waals surface area contributed by atoms with Crippen molar-refractivity contribution in [1.82, 2.24) is 0 Å². The van der Waals surface area contributed by atoms with Crippen LogP contribution in [0.4, 0.5) is 4.39 Å². The number of benzene rings is 1. The van der Waals surface area contributed by atoms with Crippen molar-refractivity contribution in [3.8, 4) is 5.75 Å². The number of carbonyl (C=O) groups excluding carboxylic acids is 1. The summed E-state index contributed by atoms with van der Waals surface area (Å²) in [4.78, 5) is 11.6. The molecule has 0 saturated heterocycles. The van der Waals surface area contributed by atoms with Crippen molar-refractivity contribution in [1.29, 1.82) is 0 Å². The van der Waals surface area contributed by atoms with Gasteiger partial charge in [0.2, 0.25) is 0 Å². The number of hydrogen-bond donors (Lipinski definition) is 1. The Bertz CT molecular complexity index is 446. The Morgan fingerprint density at radius 3 is 2.44 bits per heavy atom. The summed E-state index contributed by atoms with van der Waals surface area (Å²) in [6.07, 6.45) is 0. The Morgan fingerprint density at radius 1 is 1.39 bits per heavy atom. The third-order valence-corrected chi connectivity index (χ3v) is 3.02. The Hall–Kier alpha value is -1.62. The van der Waals surface area contributed by atoms with Gasteiger partial charge < -0.3 is 15.2 Å². The van der Waals surface area contributed by atoms with Crippen molar-refractivity contribution in [3.63, 3.8) is 0 Å². The molecule has 0 unspecified atom stereocenters. The van der Waals surface area contributed by atoms with Crippen LogP contribution in [0.2, 0.25) is 0 Å². The highest BCUT2D eigenvalue weighted by Gasteiger charge is 2.36. The first kappa shape index (κ1) is 14.4. The van der Waals surface area contributed by atoms with Gasteiger partial charge in [-0.15, -0.1) is 0 Å². The van der Waals surface area contributed by atoms with E-state index in [1.165, 1.54) is 26.4 Å². The van der Waals surface area contributed by atoms with Crippen LogP contribution in [0.3, 0.4) is 0 Å².